The quantitative estimate of drug-likeness (QED) is 0.197. The molecule has 0 aromatic heterocycles. The molecule has 0 saturated heterocycles. The summed E-state index contributed by atoms with van der Waals surface area (Å²) in [6.45, 7) is 13.8. The topological polar surface area (TPSA) is 21.4 Å². The van der Waals surface area contributed by atoms with Crippen LogP contribution in [0.2, 0.25) is 0 Å². The van der Waals surface area contributed by atoms with Crippen molar-refractivity contribution >= 4 is 27.9 Å². The van der Waals surface area contributed by atoms with E-state index in [4.69, 9.17) is 0 Å². The van der Waals surface area contributed by atoms with Crippen LogP contribution in [0.1, 0.15) is 47.1 Å². The summed E-state index contributed by atoms with van der Waals surface area (Å²) in [7, 11) is -0.709. The molecule has 0 amide bonds. The summed E-state index contributed by atoms with van der Waals surface area (Å²) in [6, 6.07) is 9.91. The number of benzene rings is 1. The van der Waals surface area contributed by atoms with Crippen LogP contribution in [0.3, 0.4) is 0 Å². The molecule has 0 unspecified atom stereocenters. The first-order chi connectivity index (χ1) is 9.12. The molecular weight excluding hydrogens is 390 g/mol. The average Bonchev–Trinajstić information content (AvgIpc) is 2.36. The standard InChI is InChI=1S/C16H25OP.CH3.BrH.Ni/c1-15(2,3)18(16(4,5)6)12-14(17)13-10-8-7-9-11-13;;;/h7-11H,12H2,1-6H3;1H3;1H;/q;-1;;+1/p+1. The molecule has 0 spiro atoms. The molecule has 0 aliphatic carbocycles. The summed E-state index contributed by atoms with van der Waals surface area (Å²) in [5.41, 5.74) is 0.966. The van der Waals surface area contributed by atoms with E-state index in [1.54, 1.807) is 0 Å². The van der Waals surface area contributed by atoms with E-state index in [1.165, 1.54) is 0 Å². The van der Waals surface area contributed by atoms with Crippen LogP contribution in [0, 0.1) is 7.43 Å². The van der Waals surface area contributed by atoms with Crippen molar-refractivity contribution < 1.29 is 18.5 Å². The van der Waals surface area contributed by atoms with Crippen LogP contribution in [-0.4, -0.2) is 27.1 Å². The number of ketones is 1. The second kappa shape index (κ2) is 10.1. The second-order valence-corrected chi connectivity index (χ2v) is 11.3. The van der Waals surface area contributed by atoms with E-state index >= 15 is 0 Å². The molecule has 21 heavy (non-hydrogen) atoms. The number of carbonyl (C=O) groups excluding carboxylic acids is 1. The molecule has 1 aromatic rings. The summed E-state index contributed by atoms with van der Waals surface area (Å²) in [4.78, 5) is 10.4. The zero-order valence-corrected chi connectivity index (χ0v) is 17.8. The van der Waals surface area contributed by atoms with Gasteiger partial charge in [-0.3, -0.25) is 4.79 Å². The van der Waals surface area contributed by atoms with Crippen molar-refractivity contribution in [1.82, 2.24) is 0 Å². The van der Waals surface area contributed by atoms with Crippen molar-refractivity contribution in [3.63, 3.8) is 0 Å². The van der Waals surface area contributed by atoms with Crippen molar-refractivity contribution in [2.75, 3.05) is 6.16 Å². The fourth-order valence-electron chi connectivity index (χ4n) is 2.56. The Bertz CT molecular complexity index is 393. The predicted octanol–water partition coefficient (Wildman–Crippen LogP) is 5.68. The minimum atomic E-state index is -0.709. The molecule has 0 heterocycles. The van der Waals surface area contributed by atoms with Crippen molar-refractivity contribution in [2.24, 2.45) is 0 Å². The molecule has 1 aromatic carbocycles. The first kappa shape index (κ1) is 23.6. The summed E-state index contributed by atoms with van der Waals surface area (Å²) in [5.74, 6) is 0.550. The summed E-state index contributed by atoms with van der Waals surface area (Å²) in [6.07, 6.45) is 0.835. The monoisotopic (exact) mass is 418 g/mol. The Morgan fingerprint density at radius 2 is 1.38 bits per heavy atom. The van der Waals surface area contributed by atoms with Crippen LogP contribution in [0.25, 0.3) is 0 Å². The van der Waals surface area contributed by atoms with Crippen molar-refractivity contribution in [2.45, 2.75) is 51.9 Å². The molecule has 0 radical (unpaired) electrons. The molecule has 4 heteroatoms. The SMILES string of the molecule is CC(C)(C)[PH+](CC(=[OH+])c1ccccc1)C(C)(C)C.[CH3-].[Ni][Br]. The van der Waals surface area contributed by atoms with Gasteiger partial charge in [0.2, 0.25) is 0 Å². The molecule has 0 saturated carbocycles. The summed E-state index contributed by atoms with van der Waals surface area (Å²) >= 11 is 6.25. The van der Waals surface area contributed by atoms with E-state index in [0.29, 0.717) is 5.78 Å². The fourth-order valence-corrected chi connectivity index (χ4v) is 6.41. The van der Waals surface area contributed by atoms with E-state index in [1.807, 2.05) is 30.3 Å². The first-order valence-corrected chi connectivity index (χ1v) is 10.9. The Labute approximate surface area is 147 Å². The summed E-state index contributed by atoms with van der Waals surface area (Å²) in [5, 5.41) is 0.567. The maximum absolute atomic E-state index is 10.4. The van der Waals surface area contributed by atoms with E-state index in [2.05, 4.69) is 69.5 Å². The Balaban J connectivity index is 0. The Morgan fingerprint density at radius 1 is 1.00 bits per heavy atom. The van der Waals surface area contributed by atoms with Gasteiger partial charge in [0.1, 0.15) is 0 Å². The molecule has 125 valence electrons. The zero-order valence-electron chi connectivity index (χ0n) is 14.2. The maximum atomic E-state index is 10.4. The van der Waals surface area contributed by atoms with Crippen LogP contribution in [-0.2, 0) is 13.7 Å². The fraction of sp³-hybridized carbons (Fsp3) is 0.529. The van der Waals surface area contributed by atoms with E-state index in [-0.39, 0.29) is 17.7 Å². The van der Waals surface area contributed by atoms with Gasteiger partial charge in [0.05, 0.1) is 15.9 Å². The van der Waals surface area contributed by atoms with Crippen molar-refractivity contribution in [3.8, 4) is 0 Å². The number of hydrogen-bond acceptors (Lipinski definition) is 0. The normalized spacial score (nSPS) is 11.3. The van der Waals surface area contributed by atoms with Gasteiger partial charge in [0.15, 0.2) is 6.16 Å². The van der Waals surface area contributed by atoms with Gasteiger partial charge in [-0.1, -0.05) is 18.2 Å². The van der Waals surface area contributed by atoms with Gasteiger partial charge in [0.25, 0.3) is 0 Å². The second-order valence-electron chi connectivity index (χ2n) is 6.97. The predicted molar refractivity (Wildman–Crippen MR) is 101 cm³/mol. The number of hydrogen-bond donors (Lipinski definition) is 0. The average molecular weight is 420 g/mol. The van der Waals surface area contributed by atoms with Crippen LogP contribution >= 0.6 is 22.1 Å². The zero-order chi connectivity index (χ0) is 16.0. The van der Waals surface area contributed by atoms with Gasteiger partial charge >= 0.3 is 33.7 Å². The van der Waals surface area contributed by atoms with Gasteiger partial charge in [-0.05, 0) is 53.7 Å². The van der Waals surface area contributed by atoms with Crippen molar-refractivity contribution in [1.29, 1.82) is 0 Å². The molecule has 1 N–H and O–H groups in total. The number of halogens is 1. The molecule has 0 fully saturated rings. The molecular formula is C17H30BrNiOP+. The van der Waals surface area contributed by atoms with Crippen LogP contribution < -0.4 is 0 Å². The molecule has 0 bridgehead atoms. The Hall–Kier alpha value is 0.294. The number of rotatable bonds is 3. The summed E-state index contributed by atoms with van der Waals surface area (Å²) < 4.78 is 0. The van der Waals surface area contributed by atoms with E-state index in [0.717, 1.165) is 11.7 Å². The van der Waals surface area contributed by atoms with Gasteiger partial charge in [-0.2, -0.15) is 0 Å². The third kappa shape index (κ3) is 8.48. The Kier molecular flexibility index (Phi) is 11.4. The molecule has 0 aliphatic rings. The van der Waals surface area contributed by atoms with Crippen LogP contribution in [0.15, 0.2) is 30.3 Å². The Morgan fingerprint density at radius 3 is 1.71 bits per heavy atom. The molecule has 1 rings (SSSR count). The van der Waals surface area contributed by atoms with Crippen LogP contribution in [0.5, 0.6) is 0 Å². The minimum absolute atomic E-state index is 0. The van der Waals surface area contributed by atoms with E-state index < -0.39 is 7.92 Å². The van der Waals surface area contributed by atoms with Crippen LogP contribution in [0.4, 0.5) is 0 Å². The third-order valence-corrected chi connectivity index (χ3v) is 7.57. The van der Waals surface area contributed by atoms with Crippen molar-refractivity contribution in [3.05, 3.63) is 43.3 Å². The first-order valence-electron chi connectivity index (χ1n) is 6.71. The molecule has 1 nitrogen and oxygen atoms in total. The molecule has 0 aliphatic heterocycles. The van der Waals surface area contributed by atoms with Gasteiger partial charge in [0, 0.05) is 7.92 Å². The van der Waals surface area contributed by atoms with E-state index in [9.17, 15) is 4.79 Å². The van der Waals surface area contributed by atoms with Gasteiger partial charge in [-0.25, -0.2) is 0 Å². The molecule has 0 atom stereocenters. The van der Waals surface area contributed by atoms with Gasteiger partial charge < -0.3 is 7.43 Å². The van der Waals surface area contributed by atoms with Gasteiger partial charge in [-0.15, -0.1) is 0 Å². The third-order valence-electron chi connectivity index (χ3n) is 3.26.